The van der Waals surface area contributed by atoms with Gasteiger partial charge in [0.2, 0.25) is 0 Å². The number of sulfone groups is 1. The zero-order valence-corrected chi connectivity index (χ0v) is 9.18. The second-order valence-electron chi connectivity index (χ2n) is 2.84. The summed E-state index contributed by atoms with van der Waals surface area (Å²) < 4.78 is 22.6. The molecule has 0 spiro atoms. The molecule has 2 nitrogen and oxygen atoms in total. The minimum absolute atomic E-state index is 0.162. The van der Waals surface area contributed by atoms with Crippen molar-refractivity contribution >= 4 is 9.84 Å². The van der Waals surface area contributed by atoms with E-state index in [1.165, 1.54) is 0 Å². The highest BCUT2D eigenvalue weighted by molar-refractivity contribution is 7.91. The third-order valence-corrected chi connectivity index (χ3v) is 2.91. The molecule has 0 atom stereocenters. The quantitative estimate of drug-likeness (QED) is 0.619. The Bertz CT molecular complexity index is 239. The standard InChI is InChI=1S/C10H18O2S/c1-3-5-7-9-13(11,12)10-8-6-4-2/h5-8H,3-4,9-10H2,1-2H3. The van der Waals surface area contributed by atoms with Gasteiger partial charge in [-0.25, -0.2) is 8.42 Å². The molecule has 0 aromatic rings. The van der Waals surface area contributed by atoms with E-state index in [9.17, 15) is 8.42 Å². The first-order valence-electron chi connectivity index (χ1n) is 4.62. The van der Waals surface area contributed by atoms with Crippen LogP contribution < -0.4 is 0 Å². The van der Waals surface area contributed by atoms with Crippen LogP contribution in [0.3, 0.4) is 0 Å². The fourth-order valence-corrected chi connectivity index (χ4v) is 1.83. The van der Waals surface area contributed by atoms with Crippen molar-refractivity contribution in [1.29, 1.82) is 0 Å². The van der Waals surface area contributed by atoms with Crippen molar-refractivity contribution < 1.29 is 8.42 Å². The predicted octanol–water partition coefficient (Wildman–Crippen LogP) is 2.33. The van der Waals surface area contributed by atoms with Crippen LogP contribution in [0.5, 0.6) is 0 Å². The molecule has 0 N–H and O–H groups in total. The van der Waals surface area contributed by atoms with Crippen LogP contribution in [-0.4, -0.2) is 19.9 Å². The highest BCUT2D eigenvalue weighted by Gasteiger charge is 2.04. The normalized spacial score (nSPS) is 13.1. The van der Waals surface area contributed by atoms with E-state index >= 15 is 0 Å². The van der Waals surface area contributed by atoms with Gasteiger partial charge < -0.3 is 0 Å². The van der Waals surface area contributed by atoms with Crippen molar-refractivity contribution in [3.05, 3.63) is 24.3 Å². The molecule has 0 aromatic heterocycles. The van der Waals surface area contributed by atoms with E-state index in [2.05, 4.69) is 0 Å². The van der Waals surface area contributed by atoms with Crippen LogP contribution in [0.4, 0.5) is 0 Å². The minimum Gasteiger partial charge on any atom is -0.228 e. The number of allylic oxidation sites excluding steroid dienone is 2. The Morgan fingerprint density at radius 1 is 0.846 bits per heavy atom. The van der Waals surface area contributed by atoms with Gasteiger partial charge in [-0.1, -0.05) is 38.2 Å². The zero-order valence-electron chi connectivity index (χ0n) is 8.36. The van der Waals surface area contributed by atoms with Crippen LogP contribution in [-0.2, 0) is 9.84 Å². The molecule has 0 rings (SSSR count). The molecule has 0 aromatic carbocycles. The van der Waals surface area contributed by atoms with Crippen molar-refractivity contribution in [2.24, 2.45) is 0 Å². The molecule has 0 radical (unpaired) electrons. The van der Waals surface area contributed by atoms with E-state index in [1.54, 1.807) is 12.2 Å². The Morgan fingerprint density at radius 3 is 1.54 bits per heavy atom. The lowest BCUT2D eigenvalue weighted by molar-refractivity contribution is 0.601. The molecule has 3 heteroatoms. The summed E-state index contributed by atoms with van der Waals surface area (Å²) in [6.07, 6.45) is 8.97. The second kappa shape index (κ2) is 6.89. The molecule has 0 bridgehead atoms. The van der Waals surface area contributed by atoms with E-state index in [-0.39, 0.29) is 11.5 Å². The van der Waals surface area contributed by atoms with Gasteiger partial charge in [0.05, 0.1) is 11.5 Å². The van der Waals surface area contributed by atoms with Crippen LogP contribution in [0.1, 0.15) is 26.7 Å². The molecule has 0 unspecified atom stereocenters. The molecule has 0 aliphatic carbocycles. The van der Waals surface area contributed by atoms with Crippen LogP contribution in [0, 0.1) is 0 Å². The van der Waals surface area contributed by atoms with E-state index in [0.717, 1.165) is 12.8 Å². The summed E-state index contributed by atoms with van der Waals surface area (Å²) in [5.74, 6) is 0.323. The minimum atomic E-state index is -2.90. The van der Waals surface area contributed by atoms with E-state index in [1.807, 2.05) is 26.0 Å². The lowest BCUT2D eigenvalue weighted by Gasteiger charge is -1.94. The van der Waals surface area contributed by atoms with Crippen LogP contribution >= 0.6 is 0 Å². The Morgan fingerprint density at radius 2 is 1.23 bits per heavy atom. The summed E-state index contributed by atoms with van der Waals surface area (Å²) in [6, 6.07) is 0. The Balaban J connectivity index is 3.95. The second-order valence-corrected chi connectivity index (χ2v) is 4.99. The van der Waals surface area contributed by atoms with Gasteiger partial charge in [-0.05, 0) is 12.8 Å². The molecule has 0 aliphatic rings. The topological polar surface area (TPSA) is 34.1 Å². The van der Waals surface area contributed by atoms with Crippen molar-refractivity contribution in [1.82, 2.24) is 0 Å². The van der Waals surface area contributed by atoms with Gasteiger partial charge in [0, 0.05) is 0 Å². The first kappa shape index (κ1) is 12.4. The van der Waals surface area contributed by atoms with Crippen LogP contribution in [0.25, 0.3) is 0 Å². The lowest BCUT2D eigenvalue weighted by atomic mass is 10.4. The summed E-state index contributed by atoms with van der Waals surface area (Å²) in [5.41, 5.74) is 0. The summed E-state index contributed by atoms with van der Waals surface area (Å²) in [4.78, 5) is 0. The predicted molar refractivity (Wildman–Crippen MR) is 57.5 cm³/mol. The first-order chi connectivity index (χ1) is 6.12. The van der Waals surface area contributed by atoms with Crippen molar-refractivity contribution in [3.8, 4) is 0 Å². The lowest BCUT2D eigenvalue weighted by Crippen LogP contribution is -2.07. The third kappa shape index (κ3) is 7.78. The Kier molecular flexibility index (Phi) is 6.59. The highest BCUT2D eigenvalue weighted by Crippen LogP contribution is 1.94. The third-order valence-electron chi connectivity index (χ3n) is 1.51. The van der Waals surface area contributed by atoms with Gasteiger partial charge in [-0.3, -0.25) is 0 Å². The zero-order chi connectivity index (χ0) is 10.2. The molecule has 76 valence electrons. The summed E-state index contributed by atoms with van der Waals surface area (Å²) in [7, 11) is -2.90. The number of rotatable bonds is 6. The van der Waals surface area contributed by atoms with E-state index < -0.39 is 9.84 Å². The average molecular weight is 202 g/mol. The maximum atomic E-state index is 11.3. The molecular weight excluding hydrogens is 184 g/mol. The van der Waals surface area contributed by atoms with Crippen molar-refractivity contribution in [2.75, 3.05) is 11.5 Å². The van der Waals surface area contributed by atoms with Gasteiger partial charge in [0.25, 0.3) is 0 Å². The maximum absolute atomic E-state index is 11.3. The molecule has 0 saturated carbocycles. The molecular formula is C10H18O2S. The molecule has 0 amide bonds. The van der Waals surface area contributed by atoms with E-state index in [0.29, 0.717) is 0 Å². The molecule has 0 fully saturated rings. The van der Waals surface area contributed by atoms with Gasteiger partial charge in [-0.15, -0.1) is 0 Å². The molecule has 0 saturated heterocycles. The summed E-state index contributed by atoms with van der Waals surface area (Å²) in [5, 5.41) is 0. The summed E-state index contributed by atoms with van der Waals surface area (Å²) >= 11 is 0. The first-order valence-corrected chi connectivity index (χ1v) is 6.45. The average Bonchev–Trinajstić information content (AvgIpc) is 2.05. The van der Waals surface area contributed by atoms with Crippen molar-refractivity contribution in [2.45, 2.75) is 26.7 Å². The number of hydrogen-bond donors (Lipinski definition) is 0. The number of hydrogen-bond acceptors (Lipinski definition) is 2. The molecule has 13 heavy (non-hydrogen) atoms. The Hall–Kier alpha value is -0.570. The van der Waals surface area contributed by atoms with Gasteiger partial charge >= 0.3 is 0 Å². The van der Waals surface area contributed by atoms with Gasteiger partial charge in [0.1, 0.15) is 0 Å². The fraction of sp³-hybridized carbons (Fsp3) is 0.600. The molecule has 0 aliphatic heterocycles. The Labute approximate surface area is 81.3 Å². The SMILES string of the molecule is CCC=CCS(=O)(=O)CC=CCC. The smallest absolute Gasteiger partial charge is 0.157 e. The van der Waals surface area contributed by atoms with Crippen molar-refractivity contribution in [3.63, 3.8) is 0 Å². The van der Waals surface area contributed by atoms with Crippen LogP contribution in [0.15, 0.2) is 24.3 Å². The summed E-state index contributed by atoms with van der Waals surface area (Å²) in [6.45, 7) is 3.97. The fourth-order valence-electron chi connectivity index (χ4n) is 0.831. The van der Waals surface area contributed by atoms with Gasteiger partial charge in [-0.2, -0.15) is 0 Å². The molecule has 0 heterocycles. The van der Waals surface area contributed by atoms with Gasteiger partial charge in [0.15, 0.2) is 9.84 Å². The monoisotopic (exact) mass is 202 g/mol. The maximum Gasteiger partial charge on any atom is 0.157 e. The van der Waals surface area contributed by atoms with Crippen LogP contribution in [0.2, 0.25) is 0 Å². The largest absolute Gasteiger partial charge is 0.228 e. The van der Waals surface area contributed by atoms with E-state index in [4.69, 9.17) is 0 Å². The highest BCUT2D eigenvalue weighted by atomic mass is 32.2.